The first-order chi connectivity index (χ1) is 4.81. The van der Waals surface area contributed by atoms with Crippen LogP contribution in [0.2, 0.25) is 0 Å². The lowest BCUT2D eigenvalue weighted by molar-refractivity contribution is 0.0658. The van der Waals surface area contributed by atoms with Gasteiger partial charge in [0, 0.05) is 11.0 Å². The maximum Gasteiger partial charge on any atom is 0.276 e. The molecular weight excluding hydrogens is 154 g/mol. The molecule has 0 aromatic rings. The molecule has 0 radical (unpaired) electrons. The van der Waals surface area contributed by atoms with Crippen molar-refractivity contribution in [3.63, 3.8) is 0 Å². The van der Waals surface area contributed by atoms with Gasteiger partial charge in [0.2, 0.25) is 0 Å². The molecule has 0 aliphatic rings. The van der Waals surface area contributed by atoms with Crippen LogP contribution in [-0.2, 0) is 9.63 Å². The van der Waals surface area contributed by atoms with Gasteiger partial charge in [-0.3, -0.25) is 0 Å². The molecule has 0 aromatic heterocycles. The van der Waals surface area contributed by atoms with Gasteiger partial charge in [-0.05, 0) is 19.8 Å². The fraction of sp³-hybridized carbons (Fsp3) is 0.833. The quantitative estimate of drug-likeness (QED) is 0.268. The van der Waals surface area contributed by atoms with Crippen molar-refractivity contribution in [1.29, 1.82) is 0 Å². The fourth-order valence-electron chi connectivity index (χ4n) is 0.529. The van der Waals surface area contributed by atoms with Gasteiger partial charge in [-0.2, -0.15) is 0 Å². The first-order valence-corrected chi connectivity index (χ1v) is 3.63. The second kappa shape index (κ2) is 6.59. The molecular formula is C6H10ClNO2. The largest absolute Gasteiger partial charge is 0.383 e. The average molecular weight is 164 g/mol. The molecule has 0 saturated carbocycles. The highest BCUT2D eigenvalue weighted by atomic mass is 35.5. The summed E-state index contributed by atoms with van der Waals surface area (Å²) in [4.78, 5) is 14.2. The van der Waals surface area contributed by atoms with Gasteiger partial charge in [0.25, 0.3) is 6.08 Å². The number of hydrogen-bond acceptors (Lipinski definition) is 3. The monoisotopic (exact) mass is 163 g/mol. The Morgan fingerprint density at radius 2 is 2.50 bits per heavy atom. The Hall–Kier alpha value is -0.530. The first kappa shape index (κ1) is 9.47. The Bertz CT molecular complexity index is 123. The van der Waals surface area contributed by atoms with Crippen LogP contribution in [-0.4, -0.2) is 18.1 Å². The molecule has 0 rings (SSSR count). The molecule has 10 heavy (non-hydrogen) atoms. The molecule has 1 unspecified atom stereocenters. The van der Waals surface area contributed by atoms with Gasteiger partial charge in [0.15, 0.2) is 0 Å². The molecule has 0 bridgehead atoms. The Morgan fingerprint density at radius 3 is 3.00 bits per heavy atom. The van der Waals surface area contributed by atoms with E-state index in [1.54, 1.807) is 0 Å². The predicted octanol–water partition coefficient (Wildman–Crippen LogP) is 1.66. The molecule has 0 saturated heterocycles. The normalized spacial score (nSPS) is 11.8. The first-order valence-electron chi connectivity index (χ1n) is 3.10. The van der Waals surface area contributed by atoms with Gasteiger partial charge in [-0.1, -0.05) is 0 Å². The Kier molecular flexibility index (Phi) is 6.24. The van der Waals surface area contributed by atoms with Crippen LogP contribution in [0.15, 0.2) is 5.16 Å². The van der Waals surface area contributed by atoms with Gasteiger partial charge in [-0.25, -0.2) is 4.79 Å². The predicted molar refractivity (Wildman–Crippen MR) is 38.6 cm³/mol. The molecule has 0 amide bonds. The summed E-state index contributed by atoms with van der Waals surface area (Å²) in [5.41, 5.74) is 0. The van der Waals surface area contributed by atoms with E-state index in [0.717, 1.165) is 12.8 Å². The molecule has 3 nitrogen and oxygen atoms in total. The van der Waals surface area contributed by atoms with Crippen LogP contribution in [0.25, 0.3) is 0 Å². The van der Waals surface area contributed by atoms with Crippen LogP contribution in [0.3, 0.4) is 0 Å². The molecule has 0 heterocycles. The average Bonchev–Trinajstić information content (AvgIpc) is 1.97. The lowest BCUT2D eigenvalue weighted by atomic mass is 10.2. The van der Waals surface area contributed by atoms with Crippen LogP contribution in [0.5, 0.6) is 0 Å². The van der Waals surface area contributed by atoms with Gasteiger partial charge in [0.05, 0.1) is 0 Å². The van der Waals surface area contributed by atoms with E-state index in [0.29, 0.717) is 5.88 Å². The Morgan fingerprint density at radius 1 is 1.80 bits per heavy atom. The molecule has 0 fully saturated rings. The third-order valence-electron chi connectivity index (χ3n) is 1.01. The summed E-state index contributed by atoms with van der Waals surface area (Å²) in [6, 6.07) is 0. The highest BCUT2D eigenvalue weighted by Gasteiger charge is 1.99. The number of rotatable bonds is 5. The van der Waals surface area contributed by atoms with E-state index >= 15 is 0 Å². The van der Waals surface area contributed by atoms with E-state index < -0.39 is 0 Å². The van der Waals surface area contributed by atoms with Crippen molar-refractivity contribution >= 4 is 17.7 Å². The van der Waals surface area contributed by atoms with Crippen LogP contribution in [0.4, 0.5) is 0 Å². The van der Waals surface area contributed by atoms with E-state index in [4.69, 9.17) is 11.6 Å². The third-order valence-corrected chi connectivity index (χ3v) is 1.28. The van der Waals surface area contributed by atoms with Crippen molar-refractivity contribution in [1.82, 2.24) is 0 Å². The molecule has 1 atom stereocenters. The lowest BCUT2D eigenvalue weighted by Crippen LogP contribution is -2.03. The summed E-state index contributed by atoms with van der Waals surface area (Å²) >= 11 is 5.42. The number of isocyanates is 1. The number of nitrogens with zero attached hydrogens (tertiary/aromatic N) is 1. The summed E-state index contributed by atoms with van der Waals surface area (Å²) in [5, 5.41) is 2.98. The third kappa shape index (κ3) is 5.60. The molecule has 0 spiro atoms. The Balaban J connectivity index is 3.24. The molecule has 0 aliphatic heterocycles. The molecule has 0 N–H and O–H groups in total. The summed E-state index contributed by atoms with van der Waals surface area (Å²) in [5.74, 6) is 0.610. The van der Waals surface area contributed by atoms with Crippen molar-refractivity contribution in [2.45, 2.75) is 25.9 Å². The van der Waals surface area contributed by atoms with Crippen LogP contribution in [0, 0.1) is 0 Å². The smallest absolute Gasteiger partial charge is 0.276 e. The number of carbonyl (C=O) groups excluding carboxylic acids is 1. The minimum Gasteiger partial charge on any atom is -0.383 e. The number of alkyl halides is 1. The van der Waals surface area contributed by atoms with E-state index in [-0.39, 0.29) is 6.10 Å². The zero-order valence-electron chi connectivity index (χ0n) is 5.84. The lowest BCUT2D eigenvalue weighted by Gasteiger charge is -2.04. The highest BCUT2D eigenvalue weighted by molar-refractivity contribution is 6.17. The minimum atomic E-state index is -0.0415. The zero-order chi connectivity index (χ0) is 7.82. The maximum absolute atomic E-state index is 9.54. The summed E-state index contributed by atoms with van der Waals surface area (Å²) < 4.78 is 0. The van der Waals surface area contributed by atoms with Gasteiger partial charge >= 0.3 is 0 Å². The number of hydrogen-bond donors (Lipinski definition) is 0. The summed E-state index contributed by atoms with van der Waals surface area (Å²) in [6.07, 6.45) is 2.94. The molecule has 4 heteroatoms. The molecule has 0 aromatic carbocycles. The van der Waals surface area contributed by atoms with Crippen molar-refractivity contribution < 1.29 is 9.63 Å². The van der Waals surface area contributed by atoms with Crippen molar-refractivity contribution in [3.8, 4) is 0 Å². The van der Waals surface area contributed by atoms with Crippen LogP contribution >= 0.6 is 11.6 Å². The van der Waals surface area contributed by atoms with E-state index in [2.05, 4.69) is 9.99 Å². The van der Waals surface area contributed by atoms with Gasteiger partial charge in [-0.15, -0.1) is 11.6 Å². The van der Waals surface area contributed by atoms with E-state index in [1.807, 2.05) is 6.92 Å². The van der Waals surface area contributed by atoms with Crippen molar-refractivity contribution in [2.75, 3.05) is 5.88 Å². The van der Waals surface area contributed by atoms with Crippen molar-refractivity contribution in [2.24, 2.45) is 5.16 Å². The van der Waals surface area contributed by atoms with E-state index in [1.165, 1.54) is 6.08 Å². The van der Waals surface area contributed by atoms with E-state index in [9.17, 15) is 4.79 Å². The molecule has 0 aliphatic carbocycles. The summed E-state index contributed by atoms with van der Waals surface area (Å²) in [6.45, 7) is 1.83. The van der Waals surface area contributed by atoms with Gasteiger partial charge < -0.3 is 4.84 Å². The van der Waals surface area contributed by atoms with Crippen LogP contribution in [0.1, 0.15) is 19.8 Å². The topological polar surface area (TPSA) is 38.7 Å². The minimum absolute atomic E-state index is 0.0415. The second-order valence-electron chi connectivity index (χ2n) is 1.93. The molecule has 58 valence electrons. The highest BCUT2D eigenvalue weighted by Crippen LogP contribution is 2.01. The number of halogens is 1. The van der Waals surface area contributed by atoms with Crippen LogP contribution < -0.4 is 0 Å². The second-order valence-corrected chi connectivity index (χ2v) is 2.31. The SMILES string of the molecule is CC(CCCCl)ON=C=O. The zero-order valence-corrected chi connectivity index (χ0v) is 6.60. The van der Waals surface area contributed by atoms with Gasteiger partial charge in [0.1, 0.15) is 6.10 Å². The summed E-state index contributed by atoms with van der Waals surface area (Å²) in [7, 11) is 0. The Labute approximate surface area is 65.0 Å². The maximum atomic E-state index is 9.54. The van der Waals surface area contributed by atoms with Crippen molar-refractivity contribution in [3.05, 3.63) is 0 Å². The standard InChI is InChI=1S/C6H10ClNO2/c1-6(3-2-4-7)10-8-5-9/h6H,2-4H2,1H3. The fourth-order valence-corrected chi connectivity index (χ4v) is 0.683.